The van der Waals surface area contributed by atoms with Crippen LogP contribution >= 0.6 is 0 Å². The Morgan fingerprint density at radius 2 is 1.76 bits per heavy atom. The highest BCUT2D eigenvalue weighted by Crippen LogP contribution is 2.28. The van der Waals surface area contributed by atoms with E-state index in [2.05, 4.69) is 5.32 Å². The first-order valence-electron chi connectivity index (χ1n) is 15.8. The summed E-state index contributed by atoms with van der Waals surface area (Å²) in [4.78, 5) is 26.8. The molecule has 3 aromatic carbocycles. The average molecular weight is 619 g/mol. The Labute approximate surface area is 266 Å². The molecule has 9 heteroatoms. The van der Waals surface area contributed by atoms with Gasteiger partial charge in [0.25, 0.3) is 0 Å². The van der Waals surface area contributed by atoms with Crippen molar-refractivity contribution in [3.63, 3.8) is 0 Å². The van der Waals surface area contributed by atoms with Crippen LogP contribution in [0.15, 0.2) is 72.8 Å². The number of carbonyl (C=O) groups excluding carboxylic acids is 2. The highest BCUT2D eigenvalue weighted by Gasteiger charge is 2.30. The minimum Gasteiger partial charge on any atom is -0.497 e. The van der Waals surface area contributed by atoms with Crippen LogP contribution in [0.2, 0.25) is 0 Å². The SMILES string of the molecule is COCCOc1cc(CCC[C@H]2CN[C@H](C(=O)c3ccccc3)Cc3ccc(cc3)OCCCC[C@@H]2C(=O)NO)cc(OC)c1. The summed E-state index contributed by atoms with van der Waals surface area (Å²) in [5.41, 5.74) is 4.62. The molecule has 0 aromatic heterocycles. The van der Waals surface area contributed by atoms with E-state index in [1.54, 1.807) is 14.2 Å². The number of methoxy groups -OCH3 is 2. The van der Waals surface area contributed by atoms with Crippen molar-refractivity contribution in [2.75, 3.05) is 40.6 Å². The fourth-order valence-electron chi connectivity index (χ4n) is 5.87. The Morgan fingerprint density at radius 3 is 2.49 bits per heavy atom. The minimum atomic E-state index is -0.491. The molecular formula is C36H46N2O7. The third-order valence-corrected chi connectivity index (χ3v) is 8.33. The molecule has 0 radical (unpaired) electrons. The molecule has 5 rings (SSSR count). The van der Waals surface area contributed by atoms with Crippen molar-refractivity contribution in [1.82, 2.24) is 10.8 Å². The average Bonchev–Trinajstić information content (AvgIpc) is 3.08. The molecule has 2 aliphatic heterocycles. The van der Waals surface area contributed by atoms with E-state index in [9.17, 15) is 14.8 Å². The van der Waals surface area contributed by atoms with Crippen LogP contribution in [0.25, 0.3) is 0 Å². The summed E-state index contributed by atoms with van der Waals surface area (Å²) < 4.78 is 22.4. The first-order valence-corrected chi connectivity index (χ1v) is 15.8. The van der Waals surface area contributed by atoms with Crippen LogP contribution in [0, 0.1) is 11.8 Å². The number of aryl methyl sites for hydroxylation is 1. The normalized spacial score (nSPS) is 19.0. The maximum absolute atomic E-state index is 13.7. The maximum atomic E-state index is 13.7. The van der Waals surface area contributed by atoms with Gasteiger partial charge in [0.15, 0.2) is 5.78 Å². The summed E-state index contributed by atoms with van der Waals surface area (Å²) in [7, 11) is 3.27. The van der Waals surface area contributed by atoms with Gasteiger partial charge >= 0.3 is 0 Å². The van der Waals surface area contributed by atoms with Gasteiger partial charge < -0.3 is 24.3 Å². The standard InChI is InChI=1S/C36H46N2O7/c1-42-19-20-45-32-22-27(21-31(24-32)43-2)9-8-12-29-25-37-34(35(39)28-10-4-3-5-11-28)23-26-14-16-30(17-15-26)44-18-7-6-13-33(29)36(40)38-41/h3-5,10-11,14-17,21-22,24,29,33-34,37,41H,6-9,12-13,18-20,23,25H2,1-2H3,(H,38,40)/t29-,33-,34-/m0/s1. The first kappa shape index (κ1) is 34.0. The van der Waals surface area contributed by atoms with Crippen molar-refractivity contribution in [1.29, 1.82) is 0 Å². The zero-order valence-corrected chi connectivity index (χ0v) is 26.3. The first-order chi connectivity index (χ1) is 22.0. The lowest BCUT2D eigenvalue weighted by Crippen LogP contribution is -2.44. The molecule has 2 bridgehead atoms. The number of ketones is 1. The van der Waals surface area contributed by atoms with Crippen molar-refractivity contribution >= 4 is 11.7 Å². The van der Waals surface area contributed by atoms with Crippen LogP contribution in [-0.2, 0) is 22.4 Å². The van der Waals surface area contributed by atoms with E-state index in [0.29, 0.717) is 62.7 Å². The zero-order valence-electron chi connectivity index (χ0n) is 26.3. The van der Waals surface area contributed by atoms with Crippen molar-refractivity contribution in [3.05, 3.63) is 89.5 Å². The van der Waals surface area contributed by atoms with E-state index in [-0.39, 0.29) is 11.7 Å². The molecule has 3 atom stereocenters. The van der Waals surface area contributed by atoms with Crippen LogP contribution in [0.1, 0.15) is 53.6 Å². The number of amides is 1. The van der Waals surface area contributed by atoms with E-state index >= 15 is 0 Å². The van der Waals surface area contributed by atoms with Crippen molar-refractivity contribution < 1.29 is 33.7 Å². The quantitative estimate of drug-likeness (QED) is 0.107. The van der Waals surface area contributed by atoms with E-state index < -0.39 is 17.9 Å². The summed E-state index contributed by atoms with van der Waals surface area (Å²) in [6.07, 6.45) is 4.86. The van der Waals surface area contributed by atoms with Gasteiger partial charge in [-0.2, -0.15) is 0 Å². The maximum Gasteiger partial charge on any atom is 0.246 e. The Hall–Kier alpha value is -3.92. The third-order valence-electron chi connectivity index (χ3n) is 8.33. The van der Waals surface area contributed by atoms with Crippen molar-refractivity contribution in [3.8, 4) is 17.2 Å². The molecule has 1 amide bonds. The molecule has 0 saturated heterocycles. The highest BCUT2D eigenvalue weighted by atomic mass is 16.5. The van der Waals surface area contributed by atoms with Crippen LogP contribution in [0.4, 0.5) is 0 Å². The molecule has 0 saturated carbocycles. The summed E-state index contributed by atoms with van der Waals surface area (Å²) >= 11 is 0. The van der Waals surface area contributed by atoms with E-state index in [0.717, 1.165) is 42.6 Å². The lowest BCUT2D eigenvalue weighted by molar-refractivity contribution is -0.135. The lowest BCUT2D eigenvalue weighted by atomic mass is 9.82. The number of benzene rings is 3. The van der Waals surface area contributed by atoms with Gasteiger partial charge in [0, 0.05) is 24.7 Å². The fraction of sp³-hybridized carbons (Fsp3) is 0.444. The largest absolute Gasteiger partial charge is 0.497 e. The third kappa shape index (κ3) is 10.6. The number of hydrogen-bond acceptors (Lipinski definition) is 8. The Bertz CT molecular complexity index is 1330. The van der Waals surface area contributed by atoms with Gasteiger partial charge in [-0.05, 0) is 92.8 Å². The predicted octanol–water partition coefficient (Wildman–Crippen LogP) is 5.43. The lowest BCUT2D eigenvalue weighted by Gasteiger charge is -2.28. The van der Waals surface area contributed by atoms with Gasteiger partial charge in [-0.15, -0.1) is 0 Å². The van der Waals surface area contributed by atoms with E-state index in [1.807, 2.05) is 78.3 Å². The summed E-state index contributed by atoms with van der Waals surface area (Å²) in [5.74, 6) is 1.24. The molecule has 0 aliphatic carbocycles. The number of fused-ring (bicyclic) bond motifs is 12. The Morgan fingerprint density at radius 1 is 0.978 bits per heavy atom. The van der Waals surface area contributed by atoms with Gasteiger partial charge in [-0.25, -0.2) is 5.48 Å². The number of ether oxygens (including phenoxy) is 4. The van der Waals surface area contributed by atoms with Gasteiger partial charge in [-0.3, -0.25) is 14.8 Å². The number of nitrogens with one attached hydrogen (secondary N) is 2. The second-order valence-corrected chi connectivity index (χ2v) is 11.5. The molecular weight excluding hydrogens is 572 g/mol. The summed E-state index contributed by atoms with van der Waals surface area (Å²) in [6.45, 7) is 1.91. The molecule has 3 N–H and O–H groups in total. The number of rotatable bonds is 12. The van der Waals surface area contributed by atoms with E-state index in [1.165, 1.54) is 0 Å². The second kappa shape index (κ2) is 18.1. The number of hydroxylamine groups is 1. The molecule has 0 fully saturated rings. The number of Topliss-reactive ketones (excluding diaryl/α,β-unsaturated/α-hetero) is 1. The smallest absolute Gasteiger partial charge is 0.246 e. The van der Waals surface area contributed by atoms with Crippen molar-refractivity contribution in [2.45, 2.75) is 51.0 Å². The molecule has 45 heavy (non-hydrogen) atoms. The van der Waals surface area contributed by atoms with Crippen LogP contribution in [-0.4, -0.2) is 63.5 Å². The molecule has 2 aliphatic rings. The molecule has 2 heterocycles. The minimum absolute atomic E-state index is 0.000430. The molecule has 9 nitrogen and oxygen atoms in total. The van der Waals surface area contributed by atoms with E-state index in [4.69, 9.17) is 18.9 Å². The fourth-order valence-corrected chi connectivity index (χ4v) is 5.87. The van der Waals surface area contributed by atoms with Gasteiger partial charge in [0.2, 0.25) is 5.91 Å². The molecule has 0 spiro atoms. The van der Waals surface area contributed by atoms with Crippen LogP contribution < -0.4 is 25.0 Å². The van der Waals surface area contributed by atoms with Crippen LogP contribution in [0.3, 0.4) is 0 Å². The van der Waals surface area contributed by atoms with Crippen LogP contribution in [0.5, 0.6) is 17.2 Å². The topological polar surface area (TPSA) is 115 Å². The zero-order chi connectivity index (χ0) is 31.9. The van der Waals surface area contributed by atoms with Gasteiger partial charge in [0.05, 0.1) is 26.4 Å². The number of hydrogen-bond donors (Lipinski definition) is 3. The number of carbonyl (C=O) groups is 2. The predicted molar refractivity (Wildman–Crippen MR) is 172 cm³/mol. The Kier molecular flexibility index (Phi) is 13.7. The summed E-state index contributed by atoms with van der Waals surface area (Å²) in [6, 6.07) is 22.5. The molecule has 242 valence electrons. The Balaban J connectivity index is 1.54. The van der Waals surface area contributed by atoms with Crippen molar-refractivity contribution in [2.24, 2.45) is 11.8 Å². The molecule has 3 aromatic rings. The highest BCUT2D eigenvalue weighted by molar-refractivity contribution is 6.00. The van der Waals surface area contributed by atoms with Gasteiger partial charge in [-0.1, -0.05) is 42.5 Å². The summed E-state index contributed by atoms with van der Waals surface area (Å²) in [5, 5.41) is 13.2. The monoisotopic (exact) mass is 618 g/mol. The molecule has 0 unspecified atom stereocenters. The van der Waals surface area contributed by atoms with Gasteiger partial charge in [0.1, 0.15) is 23.9 Å². The second-order valence-electron chi connectivity index (χ2n) is 11.5.